The molecule has 1 aliphatic carbocycles. The molecule has 7 nitrogen and oxygen atoms in total. The van der Waals surface area contributed by atoms with E-state index in [4.69, 9.17) is 5.11 Å². The first-order valence-electron chi connectivity index (χ1n) is 7.56. The molecule has 0 bridgehead atoms. The van der Waals surface area contributed by atoms with Crippen LogP contribution in [0.5, 0.6) is 0 Å². The van der Waals surface area contributed by atoms with Gasteiger partial charge in [0.05, 0.1) is 11.8 Å². The molecule has 1 saturated heterocycles. The molecule has 1 aromatic carbocycles. The quantitative estimate of drug-likeness (QED) is 0.658. The van der Waals surface area contributed by atoms with Gasteiger partial charge in [-0.15, -0.1) is 5.01 Å². The third-order valence-corrected chi connectivity index (χ3v) is 4.33. The summed E-state index contributed by atoms with van der Waals surface area (Å²) in [6.45, 7) is 0. The van der Waals surface area contributed by atoms with Crippen LogP contribution in [0, 0.1) is 0 Å². The van der Waals surface area contributed by atoms with Crippen LogP contribution < -0.4 is 5.32 Å². The van der Waals surface area contributed by atoms with Crippen LogP contribution in [-0.2, 0) is 4.79 Å². The van der Waals surface area contributed by atoms with Crippen molar-refractivity contribution in [3.8, 4) is 0 Å². The number of amides is 3. The Labute approximate surface area is 133 Å². The minimum absolute atomic E-state index is 0.165. The van der Waals surface area contributed by atoms with Crippen LogP contribution in [0.2, 0.25) is 0 Å². The number of carboxylic acids is 1. The van der Waals surface area contributed by atoms with Gasteiger partial charge in [-0.05, 0) is 30.5 Å². The van der Waals surface area contributed by atoms with Crippen molar-refractivity contribution in [3.05, 3.63) is 35.4 Å². The van der Waals surface area contributed by atoms with Crippen LogP contribution in [-0.4, -0.2) is 39.8 Å². The number of nitrogens with zero attached hydrogens (tertiary/aromatic N) is 2. The molecule has 7 heteroatoms. The number of imide groups is 1. The number of carboxylic acid groups (broad SMARTS) is 1. The largest absolute Gasteiger partial charge is 0.478 e. The Bertz CT molecular complexity index is 675. The average molecular weight is 315 g/mol. The molecule has 3 rings (SSSR count). The highest BCUT2D eigenvalue weighted by atomic mass is 16.4. The smallest absolute Gasteiger partial charge is 0.346 e. The molecule has 2 N–H and O–H groups in total. The first-order chi connectivity index (χ1) is 11.0. The summed E-state index contributed by atoms with van der Waals surface area (Å²) in [4.78, 5) is 35.3. The molecule has 23 heavy (non-hydrogen) atoms. The summed E-state index contributed by atoms with van der Waals surface area (Å²) < 4.78 is 0. The van der Waals surface area contributed by atoms with Crippen LogP contribution in [0.25, 0.3) is 0 Å². The molecule has 1 spiro atoms. The number of carbonyl (C=O) groups is 3. The molecule has 1 heterocycles. The first-order valence-corrected chi connectivity index (χ1v) is 7.56. The predicted molar refractivity (Wildman–Crippen MR) is 82.2 cm³/mol. The molecular weight excluding hydrogens is 298 g/mol. The molecule has 1 aliphatic heterocycles. The fraction of sp³-hybridized carbons (Fsp3) is 0.375. The summed E-state index contributed by atoms with van der Waals surface area (Å²) in [5.74, 6) is -1.32. The Morgan fingerprint density at radius 1 is 1.17 bits per heavy atom. The SMILES string of the molecule is O=C(O)c1ccc(/C=N/N2C(=O)NC3(CCCCC3)C2=O)cc1. The molecule has 120 valence electrons. The van der Waals surface area contributed by atoms with Gasteiger partial charge in [0.25, 0.3) is 5.91 Å². The van der Waals surface area contributed by atoms with Crippen LogP contribution in [0.15, 0.2) is 29.4 Å². The second kappa shape index (κ2) is 5.83. The van der Waals surface area contributed by atoms with Gasteiger partial charge in [0.1, 0.15) is 5.54 Å². The normalized spacial score (nSPS) is 20.3. The van der Waals surface area contributed by atoms with Crippen molar-refractivity contribution < 1.29 is 19.5 Å². The van der Waals surface area contributed by atoms with E-state index >= 15 is 0 Å². The zero-order chi connectivity index (χ0) is 16.4. The average Bonchev–Trinajstić information content (AvgIpc) is 2.77. The van der Waals surface area contributed by atoms with Gasteiger partial charge >= 0.3 is 12.0 Å². The fourth-order valence-electron chi connectivity index (χ4n) is 3.04. The Kier molecular flexibility index (Phi) is 3.85. The van der Waals surface area contributed by atoms with Crippen LogP contribution >= 0.6 is 0 Å². The number of hydrogen-bond acceptors (Lipinski definition) is 4. The Morgan fingerprint density at radius 3 is 2.43 bits per heavy atom. The zero-order valence-corrected chi connectivity index (χ0v) is 12.5. The number of rotatable bonds is 3. The van der Waals surface area contributed by atoms with Gasteiger partial charge in [0.2, 0.25) is 0 Å². The minimum atomic E-state index is -1.01. The second-order valence-electron chi connectivity index (χ2n) is 5.86. The van der Waals surface area contributed by atoms with Crippen molar-refractivity contribution in [2.24, 2.45) is 5.10 Å². The van der Waals surface area contributed by atoms with E-state index in [0.717, 1.165) is 24.3 Å². The highest BCUT2D eigenvalue weighted by Gasteiger charge is 2.51. The van der Waals surface area contributed by atoms with Crippen molar-refractivity contribution in [2.45, 2.75) is 37.6 Å². The second-order valence-corrected chi connectivity index (χ2v) is 5.86. The number of carbonyl (C=O) groups excluding carboxylic acids is 2. The van der Waals surface area contributed by atoms with Gasteiger partial charge in [-0.2, -0.15) is 5.10 Å². The molecular formula is C16H17N3O4. The van der Waals surface area contributed by atoms with Crippen molar-refractivity contribution in [3.63, 3.8) is 0 Å². The molecule has 3 amide bonds. The number of aromatic carboxylic acids is 1. The van der Waals surface area contributed by atoms with Gasteiger partial charge < -0.3 is 10.4 Å². The third-order valence-electron chi connectivity index (χ3n) is 4.33. The van der Waals surface area contributed by atoms with Crippen molar-refractivity contribution in [1.82, 2.24) is 10.3 Å². The van der Waals surface area contributed by atoms with E-state index in [9.17, 15) is 14.4 Å². The van der Waals surface area contributed by atoms with E-state index in [1.54, 1.807) is 12.1 Å². The van der Waals surface area contributed by atoms with Crippen LogP contribution in [0.1, 0.15) is 48.0 Å². The van der Waals surface area contributed by atoms with E-state index in [-0.39, 0.29) is 11.5 Å². The summed E-state index contributed by atoms with van der Waals surface area (Å²) in [6.07, 6.45) is 5.59. The maximum absolute atomic E-state index is 12.5. The first kappa shape index (κ1) is 15.2. The van der Waals surface area contributed by atoms with Crippen LogP contribution in [0.4, 0.5) is 4.79 Å². The fourth-order valence-corrected chi connectivity index (χ4v) is 3.04. The summed E-state index contributed by atoms with van der Waals surface area (Å²) in [5, 5.41) is 16.5. The molecule has 2 fully saturated rings. The van der Waals surface area contributed by atoms with Crippen molar-refractivity contribution >= 4 is 24.1 Å². The molecule has 0 unspecified atom stereocenters. The van der Waals surface area contributed by atoms with E-state index in [1.165, 1.54) is 18.3 Å². The minimum Gasteiger partial charge on any atom is -0.478 e. The van der Waals surface area contributed by atoms with E-state index in [1.807, 2.05) is 0 Å². The Morgan fingerprint density at radius 2 is 1.83 bits per heavy atom. The number of hydrogen-bond donors (Lipinski definition) is 2. The standard InChI is InChI=1S/C16H17N3O4/c20-13(21)12-6-4-11(5-7-12)10-17-19-14(22)16(18-15(19)23)8-2-1-3-9-16/h4-7,10H,1-3,8-9H2,(H,18,23)(H,20,21)/b17-10+. The van der Waals surface area contributed by atoms with Gasteiger partial charge in [0.15, 0.2) is 0 Å². The lowest BCUT2D eigenvalue weighted by atomic mass is 9.82. The topological polar surface area (TPSA) is 99.1 Å². The summed E-state index contributed by atoms with van der Waals surface area (Å²) in [7, 11) is 0. The maximum Gasteiger partial charge on any atom is 0.346 e. The summed E-state index contributed by atoms with van der Waals surface area (Å²) in [5.41, 5.74) is -0.0154. The van der Waals surface area contributed by atoms with Gasteiger partial charge in [0, 0.05) is 0 Å². The molecule has 2 aliphatic rings. The number of urea groups is 1. The Hall–Kier alpha value is -2.70. The highest BCUT2D eigenvalue weighted by molar-refractivity contribution is 6.07. The summed E-state index contributed by atoms with van der Waals surface area (Å²) >= 11 is 0. The Balaban J connectivity index is 1.75. The number of nitrogens with one attached hydrogen (secondary N) is 1. The molecule has 0 radical (unpaired) electrons. The highest BCUT2D eigenvalue weighted by Crippen LogP contribution is 2.33. The lowest BCUT2D eigenvalue weighted by Gasteiger charge is -2.29. The van der Waals surface area contributed by atoms with Gasteiger partial charge in [-0.1, -0.05) is 31.4 Å². The monoisotopic (exact) mass is 315 g/mol. The van der Waals surface area contributed by atoms with Crippen molar-refractivity contribution in [2.75, 3.05) is 0 Å². The molecule has 0 atom stereocenters. The molecule has 1 saturated carbocycles. The maximum atomic E-state index is 12.5. The van der Waals surface area contributed by atoms with Crippen molar-refractivity contribution in [1.29, 1.82) is 0 Å². The predicted octanol–water partition coefficient (Wildman–Crippen LogP) is 1.97. The lowest BCUT2D eigenvalue weighted by molar-refractivity contribution is -0.132. The number of benzene rings is 1. The summed E-state index contributed by atoms with van der Waals surface area (Å²) in [6, 6.07) is 5.52. The zero-order valence-electron chi connectivity index (χ0n) is 12.5. The molecule has 1 aromatic rings. The van der Waals surface area contributed by atoms with Crippen LogP contribution in [0.3, 0.4) is 0 Å². The van der Waals surface area contributed by atoms with E-state index in [0.29, 0.717) is 18.4 Å². The third kappa shape index (κ3) is 2.81. The van der Waals surface area contributed by atoms with Gasteiger partial charge in [-0.3, -0.25) is 4.79 Å². The lowest BCUT2D eigenvalue weighted by Crippen LogP contribution is -2.48. The molecule has 0 aromatic heterocycles. The van der Waals surface area contributed by atoms with Gasteiger partial charge in [-0.25, -0.2) is 9.59 Å². The van der Waals surface area contributed by atoms with E-state index < -0.39 is 17.5 Å². The van der Waals surface area contributed by atoms with E-state index in [2.05, 4.69) is 10.4 Å². The number of hydrazone groups is 1.